The summed E-state index contributed by atoms with van der Waals surface area (Å²) in [6.07, 6.45) is 0. The molecule has 0 N–H and O–H groups in total. The van der Waals surface area contributed by atoms with E-state index in [-0.39, 0.29) is 5.92 Å². The molecule has 65 valence electrons. The smallest absolute Gasteiger partial charge is 0.341 e. The van der Waals surface area contributed by atoms with Gasteiger partial charge in [0.05, 0.1) is 6.61 Å². The van der Waals surface area contributed by atoms with E-state index in [0.29, 0.717) is 6.61 Å². The van der Waals surface area contributed by atoms with E-state index in [2.05, 4.69) is 0 Å². The van der Waals surface area contributed by atoms with Gasteiger partial charge in [-0.15, -0.1) is 0 Å². The summed E-state index contributed by atoms with van der Waals surface area (Å²) in [5, 5.41) is 10.9. The van der Waals surface area contributed by atoms with E-state index in [1.54, 1.807) is 0 Å². The highest BCUT2D eigenvalue weighted by Gasteiger charge is 2.28. The lowest BCUT2D eigenvalue weighted by Crippen LogP contribution is -2.32. The van der Waals surface area contributed by atoms with Gasteiger partial charge in [-0.3, -0.25) is 0 Å². The van der Waals surface area contributed by atoms with E-state index < -0.39 is 11.6 Å². The van der Waals surface area contributed by atoms with Crippen molar-refractivity contribution in [2.24, 2.45) is 5.92 Å². The second-order valence-corrected chi connectivity index (χ2v) is 3.50. The van der Waals surface area contributed by atoms with Crippen molar-refractivity contribution in [2.75, 3.05) is 6.61 Å². The first-order chi connectivity index (χ1) is 4.84. The standard InChI is InChI=1S/C8H15O3/c1-6(2)5-11-7(9)8(3,4)10/h6H,5H2,1-4H3. The molecule has 0 saturated carbocycles. The van der Waals surface area contributed by atoms with Crippen LogP contribution in [0, 0.1) is 5.92 Å². The second-order valence-electron chi connectivity index (χ2n) is 3.50. The molecule has 0 atom stereocenters. The summed E-state index contributed by atoms with van der Waals surface area (Å²) in [5.74, 6) is -0.396. The van der Waals surface area contributed by atoms with Crippen molar-refractivity contribution in [3.8, 4) is 0 Å². The Bertz CT molecular complexity index is 133. The molecule has 0 spiro atoms. The van der Waals surface area contributed by atoms with E-state index in [9.17, 15) is 9.90 Å². The Morgan fingerprint density at radius 3 is 2.18 bits per heavy atom. The minimum absolute atomic E-state index is 0.279. The summed E-state index contributed by atoms with van der Waals surface area (Å²) in [7, 11) is 0. The maximum atomic E-state index is 10.9. The molecule has 0 heterocycles. The molecule has 3 nitrogen and oxygen atoms in total. The van der Waals surface area contributed by atoms with Crippen molar-refractivity contribution >= 4 is 5.97 Å². The van der Waals surface area contributed by atoms with Gasteiger partial charge in [-0.05, 0) is 19.8 Å². The van der Waals surface area contributed by atoms with Gasteiger partial charge in [0, 0.05) is 0 Å². The summed E-state index contributed by atoms with van der Waals surface area (Å²) >= 11 is 0. The summed E-state index contributed by atoms with van der Waals surface area (Å²) in [4.78, 5) is 10.8. The quantitative estimate of drug-likeness (QED) is 0.584. The number of hydrogen-bond acceptors (Lipinski definition) is 2. The van der Waals surface area contributed by atoms with E-state index in [0.717, 1.165) is 0 Å². The van der Waals surface area contributed by atoms with E-state index in [1.807, 2.05) is 13.8 Å². The first-order valence-electron chi connectivity index (χ1n) is 3.71. The Kier molecular flexibility index (Phi) is 3.52. The number of carbonyl (C=O) groups is 1. The average Bonchev–Trinajstić information content (AvgIpc) is 1.80. The van der Waals surface area contributed by atoms with Crippen molar-refractivity contribution in [3.05, 3.63) is 0 Å². The van der Waals surface area contributed by atoms with Gasteiger partial charge in [0.15, 0.2) is 5.60 Å². The molecule has 11 heavy (non-hydrogen) atoms. The molecule has 0 fully saturated rings. The number of hydrogen-bond donors (Lipinski definition) is 0. The Hall–Kier alpha value is -0.570. The molecule has 0 rings (SSSR count). The van der Waals surface area contributed by atoms with Crippen LogP contribution in [-0.4, -0.2) is 18.2 Å². The number of ether oxygens (including phenoxy) is 1. The molecule has 1 radical (unpaired) electrons. The molecule has 0 unspecified atom stereocenters. The lowest BCUT2D eigenvalue weighted by atomic mass is 10.1. The zero-order valence-corrected chi connectivity index (χ0v) is 7.51. The normalized spacial score (nSPS) is 11.8. The molecule has 0 aromatic rings. The van der Waals surface area contributed by atoms with E-state index in [4.69, 9.17) is 4.74 Å². The Balaban J connectivity index is 3.71. The summed E-state index contributed by atoms with van der Waals surface area (Å²) in [6, 6.07) is 0. The van der Waals surface area contributed by atoms with Crippen LogP contribution in [0.1, 0.15) is 27.7 Å². The number of rotatable bonds is 3. The van der Waals surface area contributed by atoms with Gasteiger partial charge in [-0.1, -0.05) is 13.8 Å². The molecular formula is C8H15O3. The van der Waals surface area contributed by atoms with Crippen molar-refractivity contribution in [3.63, 3.8) is 0 Å². The van der Waals surface area contributed by atoms with Crippen LogP contribution in [-0.2, 0) is 14.6 Å². The third-order valence-corrected chi connectivity index (χ3v) is 1.04. The van der Waals surface area contributed by atoms with Gasteiger partial charge in [0.1, 0.15) is 0 Å². The highest BCUT2D eigenvalue weighted by Crippen LogP contribution is 2.06. The number of esters is 1. The molecule has 0 bridgehead atoms. The zero-order valence-electron chi connectivity index (χ0n) is 7.51. The fourth-order valence-corrected chi connectivity index (χ4v) is 0.416. The minimum atomic E-state index is -1.62. The van der Waals surface area contributed by atoms with E-state index in [1.165, 1.54) is 13.8 Å². The largest absolute Gasteiger partial charge is 0.463 e. The van der Waals surface area contributed by atoms with Crippen LogP contribution in [0.5, 0.6) is 0 Å². The van der Waals surface area contributed by atoms with Crippen LogP contribution in [0.3, 0.4) is 0 Å². The molecular weight excluding hydrogens is 144 g/mol. The number of carbonyl (C=O) groups excluding carboxylic acids is 1. The van der Waals surface area contributed by atoms with Gasteiger partial charge in [-0.25, -0.2) is 9.90 Å². The summed E-state index contributed by atoms with van der Waals surface area (Å²) < 4.78 is 4.72. The third-order valence-electron chi connectivity index (χ3n) is 1.04. The van der Waals surface area contributed by atoms with Crippen molar-refractivity contribution < 1.29 is 14.6 Å². The van der Waals surface area contributed by atoms with Crippen LogP contribution in [0.2, 0.25) is 0 Å². The summed E-state index contributed by atoms with van der Waals surface area (Å²) in [5.41, 5.74) is -1.62. The van der Waals surface area contributed by atoms with Crippen LogP contribution in [0.25, 0.3) is 0 Å². The van der Waals surface area contributed by atoms with Gasteiger partial charge in [-0.2, -0.15) is 0 Å². The van der Waals surface area contributed by atoms with Gasteiger partial charge >= 0.3 is 5.97 Å². The topological polar surface area (TPSA) is 46.2 Å². The minimum Gasteiger partial charge on any atom is -0.463 e. The lowest BCUT2D eigenvalue weighted by molar-refractivity contribution is -0.169. The van der Waals surface area contributed by atoms with Crippen molar-refractivity contribution in [1.29, 1.82) is 0 Å². The predicted molar refractivity (Wildman–Crippen MR) is 40.6 cm³/mol. The van der Waals surface area contributed by atoms with Crippen LogP contribution in [0.15, 0.2) is 0 Å². The molecule has 0 aliphatic heterocycles. The molecule has 0 saturated heterocycles. The second kappa shape index (κ2) is 3.72. The monoisotopic (exact) mass is 159 g/mol. The SMILES string of the molecule is CC(C)COC(=O)C(C)(C)[O]. The first-order valence-corrected chi connectivity index (χ1v) is 3.71. The van der Waals surface area contributed by atoms with Gasteiger partial charge in [0.2, 0.25) is 0 Å². The molecule has 0 aromatic carbocycles. The van der Waals surface area contributed by atoms with Crippen LogP contribution < -0.4 is 0 Å². The molecule has 0 amide bonds. The highest BCUT2D eigenvalue weighted by molar-refractivity contribution is 5.77. The van der Waals surface area contributed by atoms with E-state index >= 15 is 0 Å². The maximum Gasteiger partial charge on any atom is 0.341 e. The van der Waals surface area contributed by atoms with Crippen LogP contribution in [0.4, 0.5) is 0 Å². The highest BCUT2D eigenvalue weighted by atomic mass is 16.5. The fraction of sp³-hybridized carbons (Fsp3) is 0.875. The Labute approximate surface area is 67.4 Å². The van der Waals surface area contributed by atoms with Gasteiger partial charge < -0.3 is 4.74 Å². The molecule has 0 aromatic heterocycles. The predicted octanol–water partition coefficient (Wildman–Crippen LogP) is 1.39. The maximum absolute atomic E-state index is 10.9. The van der Waals surface area contributed by atoms with Gasteiger partial charge in [0.25, 0.3) is 0 Å². The first kappa shape index (κ1) is 10.4. The van der Waals surface area contributed by atoms with Crippen molar-refractivity contribution in [1.82, 2.24) is 0 Å². The van der Waals surface area contributed by atoms with Crippen LogP contribution >= 0.6 is 0 Å². The molecule has 0 aliphatic rings. The summed E-state index contributed by atoms with van der Waals surface area (Å²) in [6.45, 7) is 6.77. The lowest BCUT2D eigenvalue weighted by Gasteiger charge is -2.14. The molecule has 3 heteroatoms. The fourth-order valence-electron chi connectivity index (χ4n) is 0.416. The molecule has 0 aliphatic carbocycles. The Morgan fingerprint density at radius 1 is 1.45 bits per heavy atom. The van der Waals surface area contributed by atoms with Crippen molar-refractivity contribution in [2.45, 2.75) is 33.3 Å². The third kappa shape index (κ3) is 4.79. The Morgan fingerprint density at radius 2 is 1.91 bits per heavy atom. The average molecular weight is 159 g/mol. The zero-order chi connectivity index (χ0) is 9.07.